The van der Waals surface area contributed by atoms with E-state index in [9.17, 15) is 4.79 Å². The minimum absolute atomic E-state index is 0.278. The first-order valence-corrected chi connectivity index (χ1v) is 8.15. The van der Waals surface area contributed by atoms with Crippen LogP contribution in [0.2, 0.25) is 5.02 Å². The van der Waals surface area contributed by atoms with Crippen molar-refractivity contribution in [1.29, 1.82) is 0 Å². The minimum atomic E-state index is -0.577. The molecule has 7 nitrogen and oxygen atoms in total. The summed E-state index contributed by atoms with van der Waals surface area (Å²) < 4.78 is 15.6. The van der Waals surface area contributed by atoms with Crippen molar-refractivity contribution in [2.45, 2.75) is 0 Å². The van der Waals surface area contributed by atoms with E-state index in [0.29, 0.717) is 38.8 Å². The third-order valence-electron chi connectivity index (χ3n) is 3.45. The molecule has 0 heterocycles. The van der Waals surface area contributed by atoms with E-state index in [1.807, 2.05) is 0 Å². The number of carbonyl (C=O) groups excluding carboxylic acids is 1. The fraction of sp³-hybridized carbons (Fsp3) is 0.176. The highest BCUT2D eigenvalue weighted by Crippen LogP contribution is 2.36. The molecule has 0 fully saturated rings. The van der Waals surface area contributed by atoms with Crippen LogP contribution in [-0.4, -0.2) is 32.3 Å². The number of nitrogens with two attached hydrogens (primary N) is 1. The molecule has 4 N–H and O–H groups in total. The average molecular weight is 396 g/mol. The van der Waals surface area contributed by atoms with E-state index >= 15 is 0 Å². The number of nitrogens with one attached hydrogen (secondary N) is 2. The number of anilines is 2. The highest BCUT2D eigenvalue weighted by atomic mass is 35.5. The maximum Gasteiger partial charge on any atom is 0.252 e. The van der Waals surface area contributed by atoms with Crippen LogP contribution in [0.5, 0.6) is 17.2 Å². The van der Waals surface area contributed by atoms with Crippen molar-refractivity contribution in [1.82, 2.24) is 0 Å². The van der Waals surface area contributed by atoms with E-state index in [-0.39, 0.29) is 5.56 Å². The Morgan fingerprint density at radius 2 is 1.65 bits per heavy atom. The maximum absolute atomic E-state index is 11.4. The van der Waals surface area contributed by atoms with Crippen molar-refractivity contribution >= 4 is 46.2 Å². The van der Waals surface area contributed by atoms with E-state index in [0.717, 1.165) is 0 Å². The minimum Gasteiger partial charge on any atom is -0.496 e. The van der Waals surface area contributed by atoms with Gasteiger partial charge in [0.25, 0.3) is 5.91 Å². The maximum atomic E-state index is 11.4. The summed E-state index contributed by atoms with van der Waals surface area (Å²) in [5.74, 6) is 0.763. The summed E-state index contributed by atoms with van der Waals surface area (Å²) in [6.45, 7) is 0. The Morgan fingerprint density at radius 1 is 1.00 bits per heavy atom. The van der Waals surface area contributed by atoms with Crippen LogP contribution in [0, 0.1) is 0 Å². The normalized spacial score (nSPS) is 10.0. The molecule has 2 aromatic carbocycles. The van der Waals surface area contributed by atoms with Crippen molar-refractivity contribution in [3.8, 4) is 17.2 Å². The van der Waals surface area contributed by atoms with Crippen LogP contribution < -0.4 is 30.6 Å². The molecular weight excluding hydrogens is 378 g/mol. The summed E-state index contributed by atoms with van der Waals surface area (Å²) in [7, 11) is 4.49. The van der Waals surface area contributed by atoms with Crippen molar-refractivity contribution in [3.05, 3.63) is 40.9 Å². The van der Waals surface area contributed by atoms with E-state index in [1.165, 1.54) is 21.3 Å². The van der Waals surface area contributed by atoms with Crippen LogP contribution in [0.4, 0.5) is 11.4 Å². The molecule has 1 amide bonds. The Bertz CT molecular complexity index is 845. The van der Waals surface area contributed by atoms with Gasteiger partial charge in [-0.25, -0.2) is 0 Å². The Hall–Kier alpha value is -2.71. The third-order valence-corrected chi connectivity index (χ3v) is 3.95. The summed E-state index contributed by atoms with van der Waals surface area (Å²) in [6.07, 6.45) is 0. The van der Waals surface area contributed by atoms with Crippen molar-refractivity contribution in [2.24, 2.45) is 5.73 Å². The number of carbonyl (C=O) groups is 1. The van der Waals surface area contributed by atoms with Crippen molar-refractivity contribution in [2.75, 3.05) is 32.0 Å². The van der Waals surface area contributed by atoms with Crippen LogP contribution in [0.3, 0.4) is 0 Å². The quantitative estimate of drug-likeness (QED) is 0.646. The number of benzene rings is 2. The largest absolute Gasteiger partial charge is 0.496 e. The Kier molecular flexibility index (Phi) is 6.48. The standard InChI is InChI=1S/C17H18ClN3O4S/c1-23-13-6-9(4-5-10(13)16(19)22)20-17(26)21-12-7-11(18)14(24-2)8-15(12)25-3/h4-8H,1-3H3,(H2,19,22)(H2,20,21,26). The lowest BCUT2D eigenvalue weighted by Gasteiger charge is -2.16. The number of halogens is 1. The van der Waals surface area contributed by atoms with Gasteiger partial charge in [0.05, 0.1) is 37.6 Å². The van der Waals surface area contributed by atoms with Crippen molar-refractivity contribution < 1.29 is 19.0 Å². The Balaban J connectivity index is 2.19. The van der Waals surface area contributed by atoms with E-state index < -0.39 is 5.91 Å². The molecule has 0 atom stereocenters. The average Bonchev–Trinajstić information content (AvgIpc) is 2.61. The van der Waals surface area contributed by atoms with Crippen LogP contribution in [0.15, 0.2) is 30.3 Å². The molecular formula is C17H18ClN3O4S. The van der Waals surface area contributed by atoms with E-state index in [2.05, 4.69) is 10.6 Å². The molecule has 0 aromatic heterocycles. The highest BCUT2D eigenvalue weighted by molar-refractivity contribution is 7.80. The molecule has 0 aliphatic rings. The molecule has 0 saturated carbocycles. The fourth-order valence-electron chi connectivity index (χ4n) is 2.21. The molecule has 0 aliphatic heterocycles. The number of ether oxygens (including phenoxy) is 3. The molecule has 0 radical (unpaired) electrons. The molecule has 0 saturated heterocycles. The van der Waals surface area contributed by atoms with Crippen LogP contribution in [-0.2, 0) is 0 Å². The molecule has 26 heavy (non-hydrogen) atoms. The van der Waals surface area contributed by atoms with Crippen LogP contribution >= 0.6 is 23.8 Å². The summed E-state index contributed by atoms with van der Waals surface area (Å²) in [5.41, 5.74) is 6.76. The second-order valence-electron chi connectivity index (χ2n) is 5.05. The zero-order chi connectivity index (χ0) is 19.3. The SMILES string of the molecule is COc1cc(OC)c(NC(=S)Nc2ccc(C(N)=O)c(OC)c2)cc1Cl. The molecule has 138 valence electrons. The van der Waals surface area contributed by atoms with Crippen molar-refractivity contribution in [3.63, 3.8) is 0 Å². The molecule has 0 bridgehead atoms. The number of amides is 1. The molecule has 0 spiro atoms. The smallest absolute Gasteiger partial charge is 0.252 e. The second-order valence-corrected chi connectivity index (χ2v) is 5.86. The second kappa shape index (κ2) is 8.59. The van der Waals surface area contributed by atoms with Gasteiger partial charge < -0.3 is 30.6 Å². The lowest BCUT2D eigenvalue weighted by molar-refractivity contribution is 0.0997. The number of hydrogen-bond donors (Lipinski definition) is 3. The monoisotopic (exact) mass is 395 g/mol. The summed E-state index contributed by atoms with van der Waals surface area (Å²) in [4.78, 5) is 11.4. The first-order valence-electron chi connectivity index (χ1n) is 7.37. The summed E-state index contributed by atoms with van der Waals surface area (Å²) in [6, 6.07) is 8.13. The van der Waals surface area contributed by atoms with Gasteiger partial charge in [-0.15, -0.1) is 0 Å². The van der Waals surface area contributed by atoms with Gasteiger partial charge in [0, 0.05) is 17.8 Å². The molecule has 2 aromatic rings. The molecule has 0 aliphatic carbocycles. The topological polar surface area (TPSA) is 94.8 Å². The molecule has 0 unspecified atom stereocenters. The molecule has 2 rings (SSSR count). The number of hydrogen-bond acceptors (Lipinski definition) is 5. The number of primary amides is 1. The van der Waals surface area contributed by atoms with E-state index in [1.54, 1.807) is 30.3 Å². The number of methoxy groups -OCH3 is 3. The van der Waals surface area contributed by atoms with Crippen LogP contribution in [0.1, 0.15) is 10.4 Å². The number of rotatable bonds is 6. The first-order chi connectivity index (χ1) is 12.4. The summed E-state index contributed by atoms with van der Waals surface area (Å²) in [5, 5.41) is 6.69. The van der Waals surface area contributed by atoms with Gasteiger partial charge >= 0.3 is 0 Å². The van der Waals surface area contributed by atoms with Gasteiger partial charge in [-0.3, -0.25) is 4.79 Å². The van der Waals surface area contributed by atoms with Crippen LogP contribution in [0.25, 0.3) is 0 Å². The molecule has 9 heteroatoms. The zero-order valence-electron chi connectivity index (χ0n) is 14.4. The lowest BCUT2D eigenvalue weighted by atomic mass is 10.1. The Labute approximate surface area is 161 Å². The van der Waals surface area contributed by atoms with Gasteiger partial charge in [0.15, 0.2) is 5.11 Å². The fourth-order valence-corrected chi connectivity index (χ4v) is 2.68. The first kappa shape index (κ1) is 19.6. The number of thiocarbonyl (C=S) groups is 1. The third kappa shape index (κ3) is 4.47. The predicted molar refractivity (Wildman–Crippen MR) is 106 cm³/mol. The van der Waals surface area contributed by atoms with Gasteiger partial charge in [-0.1, -0.05) is 11.6 Å². The highest BCUT2D eigenvalue weighted by Gasteiger charge is 2.13. The predicted octanol–water partition coefficient (Wildman–Crippen LogP) is 3.27. The van der Waals surface area contributed by atoms with Gasteiger partial charge in [0.2, 0.25) is 0 Å². The van der Waals surface area contributed by atoms with Gasteiger partial charge in [0.1, 0.15) is 17.2 Å². The zero-order valence-corrected chi connectivity index (χ0v) is 16.0. The lowest BCUT2D eigenvalue weighted by Crippen LogP contribution is -2.20. The Morgan fingerprint density at radius 3 is 2.23 bits per heavy atom. The van der Waals surface area contributed by atoms with Gasteiger partial charge in [-0.05, 0) is 30.4 Å². The van der Waals surface area contributed by atoms with Gasteiger partial charge in [-0.2, -0.15) is 0 Å². The summed E-state index contributed by atoms with van der Waals surface area (Å²) >= 11 is 11.5. The van der Waals surface area contributed by atoms with E-state index in [4.69, 9.17) is 43.8 Å².